The Hall–Kier alpha value is -6.42. The van der Waals surface area contributed by atoms with E-state index in [1.807, 2.05) is 24.3 Å². The van der Waals surface area contributed by atoms with Crippen molar-refractivity contribution in [2.45, 2.75) is 0 Å². The third-order valence-electron chi connectivity index (χ3n) is 9.10. The molecule has 0 amide bonds. The molecule has 0 aliphatic rings. The summed E-state index contributed by atoms with van der Waals surface area (Å²) in [6, 6.07) is 5.63. The van der Waals surface area contributed by atoms with Gasteiger partial charge in [-0.05, 0) is 82.8 Å². The molecule has 0 saturated carbocycles. The fraction of sp³-hybridized carbons (Fsp3) is 0. The molecule has 238 valence electrons. The largest absolute Gasteiger partial charge is 0.309 e. The lowest BCUT2D eigenvalue weighted by Crippen LogP contribution is -1.97. The number of rotatable bonds is 4. The first-order valence-electron chi connectivity index (χ1n) is 25.8. The zero-order valence-corrected chi connectivity index (χ0v) is 26.9. The van der Waals surface area contributed by atoms with Crippen LogP contribution in [0, 0.1) is 0 Å². The fourth-order valence-electron chi connectivity index (χ4n) is 6.92. The first-order valence-corrected chi connectivity index (χ1v) is 16.6. The zero-order valence-electron chi connectivity index (χ0n) is 46.1. The highest BCUT2D eigenvalue weighted by atomic mass is 32.1. The number of fused-ring (bicyclic) bond motifs is 9. The maximum absolute atomic E-state index is 10.2. The van der Waals surface area contributed by atoms with Gasteiger partial charge in [0.15, 0.2) is 0 Å². The van der Waals surface area contributed by atoms with Gasteiger partial charge in [0.05, 0.1) is 55.2 Å². The summed E-state index contributed by atoms with van der Waals surface area (Å²) >= 11 is 1.40. The maximum Gasteiger partial charge on any atom is 0.0667 e. The van der Waals surface area contributed by atoms with E-state index in [0.29, 0.717) is 32.2 Å². The van der Waals surface area contributed by atoms with E-state index in [4.69, 9.17) is 20.6 Å². The van der Waals surface area contributed by atoms with Crippen molar-refractivity contribution in [2.24, 2.45) is 0 Å². The van der Waals surface area contributed by atoms with Gasteiger partial charge in [0.25, 0.3) is 0 Å². The molecule has 51 heavy (non-hydrogen) atoms. The second-order valence-corrected chi connectivity index (χ2v) is 12.9. The van der Waals surface area contributed by atoms with Crippen LogP contribution in [0.15, 0.2) is 182 Å². The van der Waals surface area contributed by atoms with Crippen LogP contribution in [-0.4, -0.2) is 9.13 Å². The molecule has 0 atom stereocenters. The number of aromatic nitrogens is 2. The van der Waals surface area contributed by atoms with Crippen LogP contribution in [0.2, 0.25) is 0 Å². The molecule has 0 fully saturated rings. The molecule has 3 aromatic heterocycles. The molecule has 11 aromatic rings. The first kappa shape index (κ1) is 15.2. The van der Waals surface area contributed by atoms with Crippen LogP contribution in [0.3, 0.4) is 0 Å². The molecule has 3 heterocycles. The Morgan fingerprint density at radius 1 is 0.412 bits per heavy atom. The molecule has 0 unspecified atom stereocenters. The normalized spacial score (nSPS) is 17.4. The lowest BCUT2D eigenvalue weighted by Gasteiger charge is -2.13. The second-order valence-electron chi connectivity index (χ2n) is 11.8. The van der Waals surface area contributed by atoms with E-state index in [1.54, 1.807) is 36.4 Å². The minimum absolute atomic E-state index is 0.0231. The Labute approximate surface area is 326 Å². The monoisotopic (exact) mass is 686 g/mol. The standard InChI is InChI=1S/C48H30N2S/c1-2-12-31(13-3-1)32-14-10-15-33(28-32)34-24-27-46-40(29-34)48-44(22-11-23-47(48)51-46)50-43-21-9-6-18-38(43)39-26-25-35(30-45(39)50)49-41-19-7-4-16-36(41)37-17-5-8-20-42(37)49/h1-30H/i1D,2D,3D,4D,5D,6D,7D,8D,9D,12D,13D,16D,17D,18D,19D,20D,21D,25D,26D,30D. The molecule has 8 aromatic carbocycles. The number of benzene rings is 8. The van der Waals surface area contributed by atoms with Crippen LogP contribution in [0.25, 0.3) is 97.4 Å². The van der Waals surface area contributed by atoms with E-state index in [2.05, 4.69) is 0 Å². The number of hydrogen-bond donors (Lipinski definition) is 0. The number of nitrogens with zero attached hydrogens (tertiary/aromatic N) is 2. The summed E-state index contributed by atoms with van der Waals surface area (Å²) in [5.74, 6) is 0. The zero-order chi connectivity index (χ0) is 50.9. The SMILES string of the molecule is [2H]c1c([2H])c([2H])c(-c2cccc(-c3ccc4sc5cccc(-n6c7c([2H])c([2H])c([2H])c([2H])c7c7c([2H])c([2H])c(-n8c9c([2H])c([2H])c([2H])c([2H])c9c9c([2H])c([2H])c([2H])c([2H])c98)c([2H])c76)c5c4c3)c2)c([2H])c1[2H]. The van der Waals surface area contributed by atoms with E-state index in [1.165, 1.54) is 15.9 Å². The van der Waals surface area contributed by atoms with Crippen LogP contribution in [0.1, 0.15) is 27.4 Å². The van der Waals surface area contributed by atoms with Crippen LogP contribution in [0.5, 0.6) is 0 Å². The number of hydrogen-bond acceptors (Lipinski definition) is 1. The van der Waals surface area contributed by atoms with Crippen molar-refractivity contribution in [1.82, 2.24) is 9.13 Å². The summed E-state index contributed by atoms with van der Waals surface area (Å²) in [7, 11) is 0. The predicted molar refractivity (Wildman–Crippen MR) is 219 cm³/mol. The van der Waals surface area contributed by atoms with Crippen LogP contribution in [-0.2, 0) is 0 Å². The lowest BCUT2D eigenvalue weighted by molar-refractivity contribution is 1.16. The molecule has 0 aliphatic carbocycles. The van der Waals surface area contributed by atoms with Gasteiger partial charge in [-0.3, -0.25) is 0 Å². The highest BCUT2D eigenvalue weighted by Crippen LogP contribution is 2.43. The first-order chi connectivity index (χ1) is 33.6. The van der Waals surface area contributed by atoms with Gasteiger partial charge in [0.2, 0.25) is 0 Å². The molecule has 0 saturated heterocycles. The Balaban J connectivity index is 1.28. The van der Waals surface area contributed by atoms with Gasteiger partial charge in [-0.2, -0.15) is 0 Å². The van der Waals surface area contributed by atoms with E-state index >= 15 is 0 Å². The van der Waals surface area contributed by atoms with Crippen LogP contribution >= 0.6 is 11.3 Å². The van der Waals surface area contributed by atoms with Crippen molar-refractivity contribution in [3.8, 4) is 33.6 Å². The Morgan fingerprint density at radius 2 is 1.00 bits per heavy atom. The molecule has 2 nitrogen and oxygen atoms in total. The summed E-state index contributed by atoms with van der Waals surface area (Å²) < 4.78 is 182. The molecule has 0 spiro atoms. The van der Waals surface area contributed by atoms with Gasteiger partial charge in [0, 0.05) is 47.4 Å². The summed E-state index contributed by atoms with van der Waals surface area (Å²) in [4.78, 5) is 0. The van der Waals surface area contributed by atoms with E-state index in [9.17, 15) is 6.85 Å². The van der Waals surface area contributed by atoms with Crippen molar-refractivity contribution in [3.63, 3.8) is 0 Å². The van der Waals surface area contributed by atoms with Gasteiger partial charge < -0.3 is 9.13 Å². The lowest BCUT2D eigenvalue weighted by atomic mass is 9.98. The Bertz CT molecular complexity index is 4200. The highest BCUT2D eigenvalue weighted by Gasteiger charge is 2.19. The smallest absolute Gasteiger partial charge is 0.0667 e. The summed E-state index contributed by atoms with van der Waals surface area (Å²) in [5, 5.41) is 0.172. The number of para-hydroxylation sites is 3. The predicted octanol–water partition coefficient (Wildman–Crippen LogP) is 13.6. The highest BCUT2D eigenvalue weighted by molar-refractivity contribution is 7.25. The summed E-state index contributed by atoms with van der Waals surface area (Å²) in [5.41, 5.74) is 0.325. The molecule has 0 N–H and O–H groups in total. The van der Waals surface area contributed by atoms with Crippen molar-refractivity contribution in [3.05, 3.63) is 182 Å². The van der Waals surface area contributed by atoms with Gasteiger partial charge >= 0.3 is 0 Å². The van der Waals surface area contributed by atoms with Crippen LogP contribution in [0.4, 0.5) is 0 Å². The van der Waals surface area contributed by atoms with Crippen molar-refractivity contribution >= 4 is 75.1 Å². The van der Waals surface area contributed by atoms with Gasteiger partial charge in [-0.15, -0.1) is 11.3 Å². The Kier molecular flexibility index (Phi) is 3.30. The quantitative estimate of drug-likeness (QED) is 0.174. The molecular formula is C48H30N2S. The maximum atomic E-state index is 10.2. The van der Waals surface area contributed by atoms with Crippen molar-refractivity contribution < 1.29 is 27.4 Å². The Morgan fingerprint density at radius 3 is 1.73 bits per heavy atom. The van der Waals surface area contributed by atoms with Gasteiger partial charge in [-0.1, -0.05) is 121 Å². The minimum Gasteiger partial charge on any atom is -0.309 e. The fourth-order valence-corrected chi connectivity index (χ4v) is 8.03. The second kappa shape index (κ2) is 11.0. The van der Waals surface area contributed by atoms with Crippen LogP contribution < -0.4 is 0 Å². The summed E-state index contributed by atoms with van der Waals surface area (Å²) in [6.45, 7) is 0. The topological polar surface area (TPSA) is 9.86 Å². The number of thiophene rings is 1. The van der Waals surface area contributed by atoms with Crippen molar-refractivity contribution in [2.75, 3.05) is 0 Å². The average molecular weight is 687 g/mol. The molecule has 0 bridgehead atoms. The molecule has 11 rings (SSSR count). The van der Waals surface area contributed by atoms with Gasteiger partial charge in [0.1, 0.15) is 0 Å². The van der Waals surface area contributed by atoms with E-state index in [0.717, 1.165) is 9.27 Å². The third kappa shape index (κ3) is 4.29. The van der Waals surface area contributed by atoms with Crippen molar-refractivity contribution in [1.29, 1.82) is 0 Å². The summed E-state index contributed by atoms with van der Waals surface area (Å²) in [6.07, 6.45) is 0. The molecular weight excluding hydrogens is 637 g/mol. The van der Waals surface area contributed by atoms with Gasteiger partial charge in [-0.25, -0.2) is 0 Å². The van der Waals surface area contributed by atoms with E-state index in [-0.39, 0.29) is 66.9 Å². The molecule has 0 radical (unpaired) electrons. The average Bonchev–Trinajstić information content (AvgIpc) is 4.04. The minimum atomic E-state index is -0.735. The van der Waals surface area contributed by atoms with E-state index < -0.39 is 114 Å². The molecule has 3 heteroatoms. The third-order valence-corrected chi connectivity index (χ3v) is 10.2. The molecule has 0 aliphatic heterocycles.